The van der Waals surface area contributed by atoms with Gasteiger partial charge >= 0.3 is 6.09 Å². The van der Waals surface area contributed by atoms with Crippen LogP contribution in [0.25, 0.3) is 0 Å². The molecule has 2 aromatic carbocycles. The van der Waals surface area contributed by atoms with E-state index >= 15 is 0 Å². The smallest absolute Gasteiger partial charge is 0.407 e. The lowest BCUT2D eigenvalue weighted by molar-refractivity contribution is 0.0958. The molecule has 0 aliphatic carbocycles. The zero-order valence-electron chi connectivity index (χ0n) is 15.5. The first-order valence-corrected chi connectivity index (χ1v) is 9.44. The van der Waals surface area contributed by atoms with Gasteiger partial charge < -0.3 is 20.6 Å². The van der Waals surface area contributed by atoms with Crippen LogP contribution in [0, 0.1) is 5.92 Å². The Bertz CT molecular complexity index is 912. The molecule has 0 saturated carbocycles. The van der Waals surface area contributed by atoms with Crippen LogP contribution in [0.3, 0.4) is 0 Å². The van der Waals surface area contributed by atoms with E-state index in [1.165, 1.54) is 4.90 Å². The third-order valence-corrected chi connectivity index (χ3v) is 5.63. The Morgan fingerprint density at radius 3 is 2.75 bits per heavy atom. The van der Waals surface area contributed by atoms with Crippen molar-refractivity contribution in [2.24, 2.45) is 5.92 Å². The predicted octanol–water partition coefficient (Wildman–Crippen LogP) is 3.81. The van der Waals surface area contributed by atoms with Gasteiger partial charge in [0.25, 0.3) is 5.91 Å². The third kappa shape index (κ3) is 3.11. The highest BCUT2D eigenvalue weighted by Crippen LogP contribution is 2.51. The number of likely N-dealkylation sites (tertiary alicyclic amines) is 1. The molecule has 0 bridgehead atoms. The summed E-state index contributed by atoms with van der Waals surface area (Å²) in [4.78, 5) is 25.8. The molecule has 6 heteroatoms. The molecule has 2 amide bonds. The van der Waals surface area contributed by atoms with Crippen molar-refractivity contribution in [3.63, 3.8) is 0 Å². The van der Waals surface area contributed by atoms with Crippen LogP contribution >= 0.6 is 0 Å². The number of fused-ring (bicyclic) bond motifs is 3. The Morgan fingerprint density at radius 2 is 2.04 bits per heavy atom. The molecule has 3 atom stereocenters. The van der Waals surface area contributed by atoms with Gasteiger partial charge in [0.2, 0.25) is 0 Å². The Kier molecular flexibility index (Phi) is 4.77. The number of carboxylic acid groups (broad SMARTS) is 1. The molecular weight excluding hydrogens is 354 g/mol. The van der Waals surface area contributed by atoms with Gasteiger partial charge in [0, 0.05) is 30.3 Å². The summed E-state index contributed by atoms with van der Waals surface area (Å²) in [6.45, 7) is 4.48. The molecule has 0 spiro atoms. The van der Waals surface area contributed by atoms with Gasteiger partial charge in [-0.3, -0.25) is 4.79 Å². The molecule has 0 radical (unpaired) electrons. The molecular formula is C22H23N3O3. The third-order valence-electron chi connectivity index (χ3n) is 5.63. The fourth-order valence-corrected chi connectivity index (χ4v) is 4.39. The molecule has 144 valence electrons. The summed E-state index contributed by atoms with van der Waals surface area (Å²) in [6, 6.07) is 15.3. The van der Waals surface area contributed by atoms with Crippen molar-refractivity contribution in [1.29, 1.82) is 0 Å². The Balaban J connectivity index is 1.75. The number of hydrogen-bond acceptors (Lipinski definition) is 3. The van der Waals surface area contributed by atoms with E-state index in [1.807, 2.05) is 30.3 Å². The number of carbonyl (C=O) groups excluding carboxylic acids is 1. The van der Waals surface area contributed by atoms with Gasteiger partial charge in [-0.05, 0) is 35.7 Å². The first-order valence-electron chi connectivity index (χ1n) is 9.44. The summed E-state index contributed by atoms with van der Waals surface area (Å²) >= 11 is 0. The van der Waals surface area contributed by atoms with Gasteiger partial charge in [-0.1, -0.05) is 36.4 Å². The molecule has 2 heterocycles. The zero-order valence-corrected chi connectivity index (χ0v) is 15.5. The molecule has 0 aromatic heterocycles. The van der Waals surface area contributed by atoms with E-state index in [4.69, 9.17) is 0 Å². The van der Waals surface area contributed by atoms with Crippen molar-refractivity contribution in [3.8, 4) is 0 Å². The van der Waals surface area contributed by atoms with Gasteiger partial charge in [-0.25, -0.2) is 4.79 Å². The number of carbonyl (C=O) groups is 2. The molecule has 1 fully saturated rings. The van der Waals surface area contributed by atoms with Crippen LogP contribution in [0.1, 0.15) is 40.0 Å². The van der Waals surface area contributed by atoms with Crippen molar-refractivity contribution in [3.05, 3.63) is 77.9 Å². The maximum Gasteiger partial charge on any atom is 0.407 e. The minimum atomic E-state index is -0.923. The molecule has 28 heavy (non-hydrogen) atoms. The lowest BCUT2D eigenvalue weighted by Crippen LogP contribution is -2.37. The Morgan fingerprint density at radius 1 is 1.25 bits per heavy atom. The number of nitrogens with one attached hydrogen (secondary N) is 2. The zero-order chi connectivity index (χ0) is 19.7. The molecule has 2 aromatic rings. The highest BCUT2D eigenvalue weighted by Gasteiger charge is 2.46. The largest absolute Gasteiger partial charge is 0.465 e. The van der Waals surface area contributed by atoms with Crippen molar-refractivity contribution >= 4 is 17.7 Å². The van der Waals surface area contributed by atoms with E-state index in [-0.39, 0.29) is 23.9 Å². The second-order valence-electron chi connectivity index (χ2n) is 7.21. The fourth-order valence-electron chi connectivity index (χ4n) is 4.39. The minimum Gasteiger partial charge on any atom is -0.465 e. The summed E-state index contributed by atoms with van der Waals surface area (Å²) in [7, 11) is 0. The van der Waals surface area contributed by atoms with E-state index in [2.05, 4.69) is 29.3 Å². The maximum absolute atomic E-state index is 12.4. The van der Waals surface area contributed by atoms with Crippen LogP contribution in [-0.2, 0) is 0 Å². The SMILES string of the molecule is C=CCNC(=O)c1ccc2c(c1)C1C(CCN1C(=O)O)C(c1ccccc1)N2. The number of benzene rings is 2. The predicted molar refractivity (Wildman–Crippen MR) is 107 cm³/mol. The van der Waals surface area contributed by atoms with Crippen LogP contribution in [0.4, 0.5) is 10.5 Å². The highest BCUT2D eigenvalue weighted by atomic mass is 16.4. The van der Waals surface area contributed by atoms with Crippen LogP contribution in [0.15, 0.2) is 61.2 Å². The number of nitrogens with zero attached hydrogens (tertiary/aromatic N) is 1. The number of anilines is 1. The first-order chi connectivity index (χ1) is 13.6. The van der Waals surface area contributed by atoms with Crippen LogP contribution in [0.2, 0.25) is 0 Å². The molecule has 3 N–H and O–H groups in total. The highest BCUT2D eigenvalue weighted by molar-refractivity contribution is 5.95. The van der Waals surface area contributed by atoms with Gasteiger partial charge in [-0.15, -0.1) is 6.58 Å². The van der Waals surface area contributed by atoms with E-state index in [9.17, 15) is 14.7 Å². The van der Waals surface area contributed by atoms with Gasteiger partial charge in [-0.2, -0.15) is 0 Å². The van der Waals surface area contributed by atoms with Gasteiger partial charge in [0.15, 0.2) is 0 Å². The second kappa shape index (κ2) is 7.38. The minimum absolute atomic E-state index is 0.0310. The van der Waals surface area contributed by atoms with E-state index in [0.717, 1.165) is 23.2 Å². The Labute approximate surface area is 163 Å². The first kappa shape index (κ1) is 18.1. The standard InChI is InChI=1S/C22H23N3O3/c1-2-11-23-21(26)15-8-9-18-17(13-15)20-16(10-12-25(20)22(27)28)19(24-18)14-6-4-3-5-7-14/h2-9,13,16,19-20,24H,1,10-12H2,(H,23,26)(H,27,28). The number of rotatable bonds is 4. The molecule has 4 rings (SSSR count). The summed E-state index contributed by atoms with van der Waals surface area (Å²) in [5.74, 6) is -0.0817. The second-order valence-corrected chi connectivity index (χ2v) is 7.21. The van der Waals surface area contributed by atoms with Crippen molar-refractivity contribution < 1.29 is 14.7 Å². The van der Waals surface area contributed by atoms with Crippen molar-refractivity contribution in [1.82, 2.24) is 10.2 Å². The monoisotopic (exact) mass is 377 g/mol. The van der Waals surface area contributed by atoms with E-state index in [0.29, 0.717) is 18.7 Å². The van der Waals surface area contributed by atoms with Crippen LogP contribution in [-0.4, -0.2) is 35.1 Å². The van der Waals surface area contributed by atoms with Crippen molar-refractivity contribution in [2.75, 3.05) is 18.4 Å². The molecule has 2 aliphatic heterocycles. The molecule has 6 nitrogen and oxygen atoms in total. The molecule has 1 saturated heterocycles. The van der Waals surface area contributed by atoms with Crippen LogP contribution < -0.4 is 10.6 Å². The lowest BCUT2D eigenvalue weighted by atomic mass is 9.79. The quantitative estimate of drug-likeness (QED) is 0.708. The fraction of sp³-hybridized carbons (Fsp3) is 0.273. The topological polar surface area (TPSA) is 81.7 Å². The van der Waals surface area contributed by atoms with Crippen LogP contribution in [0.5, 0.6) is 0 Å². The average Bonchev–Trinajstić information content (AvgIpc) is 3.17. The summed E-state index contributed by atoms with van der Waals surface area (Å²) in [6.07, 6.45) is 1.48. The summed E-state index contributed by atoms with van der Waals surface area (Å²) < 4.78 is 0. The molecule has 3 unspecified atom stereocenters. The van der Waals surface area contributed by atoms with E-state index < -0.39 is 6.09 Å². The summed E-state index contributed by atoms with van der Waals surface area (Å²) in [5.41, 5.74) is 3.41. The maximum atomic E-state index is 12.4. The summed E-state index contributed by atoms with van der Waals surface area (Å²) in [5, 5.41) is 16.1. The normalized spacial score (nSPS) is 22.6. The average molecular weight is 377 g/mol. The Hall–Kier alpha value is -3.28. The molecule has 2 aliphatic rings. The van der Waals surface area contributed by atoms with Gasteiger partial charge in [0.05, 0.1) is 12.1 Å². The number of hydrogen-bond donors (Lipinski definition) is 3. The van der Waals surface area contributed by atoms with Crippen molar-refractivity contribution in [2.45, 2.75) is 18.5 Å². The number of amides is 2. The van der Waals surface area contributed by atoms with Gasteiger partial charge in [0.1, 0.15) is 0 Å². The lowest BCUT2D eigenvalue weighted by Gasteiger charge is -2.39. The van der Waals surface area contributed by atoms with E-state index in [1.54, 1.807) is 12.1 Å².